The number of phenolic OH excluding ortho intramolecular Hbond substituents is 1. The monoisotopic (exact) mass is 310 g/mol. The summed E-state index contributed by atoms with van der Waals surface area (Å²) in [6, 6.07) is 10.6. The highest BCUT2D eigenvalue weighted by atomic mass is 16.3. The molecule has 0 aliphatic carbocycles. The highest BCUT2D eigenvalue weighted by molar-refractivity contribution is 6.22. The first-order chi connectivity index (χ1) is 11.0. The molecule has 0 saturated carbocycles. The van der Waals surface area contributed by atoms with Crippen molar-refractivity contribution in [2.24, 2.45) is 0 Å². The summed E-state index contributed by atoms with van der Waals surface area (Å²) in [6.07, 6.45) is 0. The van der Waals surface area contributed by atoms with Crippen LogP contribution in [-0.4, -0.2) is 34.3 Å². The number of hydrogen-bond acceptors (Lipinski definition) is 4. The van der Waals surface area contributed by atoms with E-state index in [1.165, 1.54) is 30.3 Å². The summed E-state index contributed by atoms with van der Waals surface area (Å²) in [5, 5.41) is 12.0. The van der Waals surface area contributed by atoms with Crippen molar-refractivity contribution in [3.8, 4) is 5.75 Å². The van der Waals surface area contributed by atoms with Gasteiger partial charge in [-0.3, -0.25) is 19.3 Å². The Kier molecular flexibility index (Phi) is 3.57. The van der Waals surface area contributed by atoms with Crippen molar-refractivity contribution >= 4 is 23.4 Å². The molecule has 1 heterocycles. The zero-order valence-electron chi connectivity index (χ0n) is 12.4. The number of phenols is 1. The second-order valence-corrected chi connectivity index (χ2v) is 5.12. The Labute approximate surface area is 132 Å². The lowest BCUT2D eigenvalue weighted by molar-refractivity contribution is 0.0662. The molecule has 1 aliphatic heterocycles. The van der Waals surface area contributed by atoms with Crippen LogP contribution < -0.4 is 5.32 Å². The number of anilines is 1. The Morgan fingerprint density at radius 3 is 2.52 bits per heavy atom. The molecule has 6 heteroatoms. The van der Waals surface area contributed by atoms with Gasteiger partial charge in [-0.1, -0.05) is 6.07 Å². The number of fused-ring (bicyclic) bond motifs is 1. The van der Waals surface area contributed by atoms with E-state index in [1.54, 1.807) is 19.1 Å². The molecule has 0 atom stereocenters. The van der Waals surface area contributed by atoms with Crippen molar-refractivity contribution in [3.05, 3.63) is 59.2 Å². The highest BCUT2D eigenvalue weighted by Crippen LogP contribution is 2.24. The molecule has 0 bridgehead atoms. The molecule has 3 amide bonds. The summed E-state index contributed by atoms with van der Waals surface area (Å²) in [4.78, 5) is 37.6. The fraction of sp³-hybridized carbons (Fsp3) is 0.118. The third kappa shape index (κ3) is 2.55. The number of nitrogens with one attached hydrogen (secondary N) is 1. The third-order valence-corrected chi connectivity index (χ3v) is 3.65. The van der Waals surface area contributed by atoms with E-state index in [4.69, 9.17) is 0 Å². The van der Waals surface area contributed by atoms with Crippen LogP contribution >= 0.6 is 0 Å². The van der Waals surface area contributed by atoms with Crippen LogP contribution in [0.5, 0.6) is 5.75 Å². The van der Waals surface area contributed by atoms with Gasteiger partial charge >= 0.3 is 0 Å². The predicted molar refractivity (Wildman–Crippen MR) is 83.5 cm³/mol. The summed E-state index contributed by atoms with van der Waals surface area (Å²) >= 11 is 0. The quantitative estimate of drug-likeness (QED) is 0.851. The largest absolute Gasteiger partial charge is 0.508 e. The SMILES string of the molecule is CCN1C(=O)c2ccc(C(=O)Nc3cccc(O)c3)cc2C1=O. The molecule has 6 nitrogen and oxygen atoms in total. The molecule has 2 aromatic rings. The van der Waals surface area contributed by atoms with Crippen LogP contribution in [0.1, 0.15) is 38.0 Å². The van der Waals surface area contributed by atoms with Crippen LogP contribution in [0, 0.1) is 0 Å². The molecule has 0 radical (unpaired) electrons. The summed E-state index contributed by atoms with van der Waals surface area (Å²) in [5.74, 6) is -1.11. The lowest BCUT2D eigenvalue weighted by Crippen LogP contribution is -2.29. The van der Waals surface area contributed by atoms with Gasteiger partial charge in [-0.05, 0) is 37.3 Å². The van der Waals surface area contributed by atoms with Crippen LogP contribution in [0.25, 0.3) is 0 Å². The fourth-order valence-electron chi connectivity index (χ4n) is 2.51. The van der Waals surface area contributed by atoms with Gasteiger partial charge in [0.05, 0.1) is 11.1 Å². The predicted octanol–water partition coefficient (Wildman–Crippen LogP) is 2.26. The maximum Gasteiger partial charge on any atom is 0.261 e. The standard InChI is InChI=1S/C17H14N2O4/c1-2-19-16(22)13-7-6-10(8-14(13)17(19)23)15(21)18-11-4-3-5-12(20)9-11/h3-9,20H,2H2,1H3,(H,18,21). The Balaban J connectivity index is 1.88. The summed E-state index contributed by atoms with van der Waals surface area (Å²) in [5.41, 5.74) is 1.26. The van der Waals surface area contributed by atoms with Gasteiger partial charge in [0.15, 0.2) is 0 Å². The van der Waals surface area contributed by atoms with E-state index in [9.17, 15) is 19.5 Å². The van der Waals surface area contributed by atoms with E-state index in [0.717, 1.165) is 4.90 Å². The maximum atomic E-state index is 12.3. The number of rotatable bonds is 3. The van der Waals surface area contributed by atoms with Gasteiger partial charge in [0.2, 0.25) is 0 Å². The summed E-state index contributed by atoms with van der Waals surface area (Å²) < 4.78 is 0. The molecule has 0 spiro atoms. The number of carbonyl (C=O) groups is 3. The topological polar surface area (TPSA) is 86.7 Å². The van der Waals surface area contributed by atoms with Crippen LogP contribution in [0.4, 0.5) is 5.69 Å². The minimum absolute atomic E-state index is 0.0381. The molecule has 0 aromatic heterocycles. The molecular weight excluding hydrogens is 296 g/mol. The normalized spacial score (nSPS) is 13.2. The molecule has 1 aliphatic rings. The van der Waals surface area contributed by atoms with Crippen LogP contribution in [0.3, 0.4) is 0 Å². The third-order valence-electron chi connectivity index (χ3n) is 3.65. The van der Waals surface area contributed by atoms with Gasteiger partial charge in [-0.25, -0.2) is 0 Å². The molecule has 3 rings (SSSR count). The lowest BCUT2D eigenvalue weighted by atomic mass is 10.1. The molecule has 23 heavy (non-hydrogen) atoms. The first kappa shape index (κ1) is 14.8. The van der Waals surface area contributed by atoms with Crippen molar-refractivity contribution in [2.45, 2.75) is 6.92 Å². The van der Waals surface area contributed by atoms with Crippen molar-refractivity contribution in [3.63, 3.8) is 0 Å². The van der Waals surface area contributed by atoms with E-state index >= 15 is 0 Å². The maximum absolute atomic E-state index is 12.3. The number of imide groups is 1. The molecule has 2 N–H and O–H groups in total. The second kappa shape index (κ2) is 5.57. The minimum atomic E-state index is -0.423. The van der Waals surface area contributed by atoms with E-state index in [1.807, 2.05) is 0 Å². The average molecular weight is 310 g/mol. The average Bonchev–Trinajstić information content (AvgIpc) is 2.78. The van der Waals surface area contributed by atoms with Gasteiger partial charge in [0.25, 0.3) is 17.7 Å². The summed E-state index contributed by atoms with van der Waals surface area (Å²) in [7, 11) is 0. The first-order valence-electron chi connectivity index (χ1n) is 7.12. The minimum Gasteiger partial charge on any atom is -0.508 e. The Bertz CT molecular complexity index is 829. The van der Waals surface area contributed by atoms with Gasteiger partial charge in [0.1, 0.15) is 5.75 Å². The molecule has 0 fully saturated rings. The number of hydrogen-bond donors (Lipinski definition) is 2. The Morgan fingerprint density at radius 1 is 1.09 bits per heavy atom. The van der Waals surface area contributed by atoms with Gasteiger partial charge in [0, 0.05) is 23.9 Å². The zero-order chi connectivity index (χ0) is 16.6. The van der Waals surface area contributed by atoms with Gasteiger partial charge in [-0.2, -0.15) is 0 Å². The van der Waals surface area contributed by atoms with Crippen LogP contribution in [0.2, 0.25) is 0 Å². The Morgan fingerprint density at radius 2 is 1.83 bits per heavy atom. The van der Waals surface area contributed by atoms with Crippen molar-refractivity contribution in [1.82, 2.24) is 4.90 Å². The number of benzene rings is 2. The number of amides is 3. The molecule has 116 valence electrons. The molecule has 2 aromatic carbocycles. The fourth-order valence-corrected chi connectivity index (χ4v) is 2.51. The summed E-state index contributed by atoms with van der Waals surface area (Å²) in [6.45, 7) is 2.01. The smallest absolute Gasteiger partial charge is 0.261 e. The van der Waals surface area contributed by atoms with E-state index in [-0.39, 0.29) is 35.2 Å². The second-order valence-electron chi connectivity index (χ2n) is 5.12. The number of carbonyl (C=O) groups excluding carboxylic acids is 3. The van der Waals surface area contributed by atoms with Gasteiger partial charge < -0.3 is 10.4 Å². The lowest BCUT2D eigenvalue weighted by Gasteiger charge is -2.08. The van der Waals surface area contributed by atoms with Crippen molar-refractivity contribution in [2.75, 3.05) is 11.9 Å². The zero-order valence-corrected chi connectivity index (χ0v) is 12.4. The van der Waals surface area contributed by atoms with E-state index in [2.05, 4.69) is 5.32 Å². The molecule has 0 unspecified atom stereocenters. The highest BCUT2D eigenvalue weighted by Gasteiger charge is 2.34. The number of aromatic hydroxyl groups is 1. The van der Waals surface area contributed by atoms with E-state index in [0.29, 0.717) is 11.3 Å². The first-order valence-corrected chi connectivity index (χ1v) is 7.12. The molecular formula is C17H14N2O4. The van der Waals surface area contributed by atoms with Crippen molar-refractivity contribution in [1.29, 1.82) is 0 Å². The number of nitrogens with zero attached hydrogens (tertiary/aromatic N) is 1. The van der Waals surface area contributed by atoms with Crippen LogP contribution in [0.15, 0.2) is 42.5 Å². The van der Waals surface area contributed by atoms with Crippen LogP contribution in [-0.2, 0) is 0 Å². The van der Waals surface area contributed by atoms with Crippen molar-refractivity contribution < 1.29 is 19.5 Å². The van der Waals surface area contributed by atoms with Gasteiger partial charge in [-0.15, -0.1) is 0 Å². The Hall–Kier alpha value is -3.15. The van der Waals surface area contributed by atoms with E-state index < -0.39 is 5.91 Å². The molecule has 0 saturated heterocycles.